The van der Waals surface area contributed by atoms with Crippen molar-refractivity contribution in [3.63, 3.8) is 0 Å². The molecule has 0 radical (unpaired) electrons. The second kappa shape index (κ2) is 7.94. The molecule has 2 rings (SSSR count). The molecule has 0 heterocycles. The Kier molecular flexibility index (Phi) is 6.51. The highest BCUT2D eigenvalue weighted by molar-refractivity contribution is 9.10. The molecule has 0 saturated heterocycles. The quantitative estimate of drug-likeness (QED) is 0.644. The Bertz CT molecular complexity index is 480. The Morgan fingerprint density at radius 1 is 1.33 bits per heavy atom. The summed E-state index contributed by atoms with van der Waals surface area (Å²) in [4.78, 5) is 0. The molecule has 1 aromatic rings. The van der Waals surface area contributed by atoms with Crippen LogP contribution in [0.25, 0.3) is 0 Å². The molecule has 4 heteroatoms. The number of benzene rings is 1. The van der Waals surface area contributed by atoms with Crippen LogP contribution in [0.15, 0.2) is 16.6 Å². The van der Waals surface area contributed by atoms with E-state index < -0.39 is 0 Å². The molecule has 1 nitrogen and oxygen atoms in total. The van der Waals surface area contributed by atoms with Crippen LogP contribution >= 0.6 is 27.5 Å². The van der Waals surface area contributed by atoms with Gasteiger partial charge in [0.1, 0.15) is 5.82 Å². The Balaban J connectivity index is 2.28. The first kappa shape index (κ1) is 17.2. The molecule has 0 spiro atoms. The van der Waals surface area contributed by atoms with E-state index in [0.717, 1.165) is 25.1 Å². The van der Waals surface area contributed by atoms with Crippen molar-refractivity contribution in [2.24, 2.45) is 11.8 Å². The van der Waals surface area contributed by atoms with Crippen molar-refractivity contribution in [3.05, 3.63) is 33.0 Å². The molecule has 3 atom stereocenters. The molecule has 3 unspecified atom stereocenters. The predicted octanol–water partition coefficient (Wildman–Crippen LogP) is 5.76. The van der Waals surface area contributed by atoms with Crippen molar-refractivity contribution in [2.75, 3.05) is 13.1 Å². The van der Waals surface area contributed by atoms with E-state index in [4.69, 9.17) is 11.6 Å². The van der Waals surface area contributed by atoms with Crippen LogP contribution in [0.3, 0.4) is 0 Å². The summed E-state index contributed by atoms with van der Waals surface area (Å²) in [5.74, 6) is 1.23. The Hall–Kier alpha value is -0.120. The van der Waals surface area contributed by atoms with Crippen LogP contribution < -0.4 is 5.32 Å². The van der Waals surface area contributed by atoms with Crippen LogP contribution in [0, 0.1) is 17.7 Å². The van der Waals surface area contributed by atoms with Gasteiger partial charge >= 0.3 is 0 Å². The van der Waals surface area contributed by atoms with Crippen molar-refractivity contribution >= 4 is 27.5 Å². The molecule has 0 amide bonds. The lowest BCUT2D eigenvalue weighted by atomic mass is 9.70. The summed E-state index contributed by atoms with van der Waals surface area (Å²) in [6, 6.07) is 3.79. The maximum absolute atomic E-state index is 14.6. The number of hydrogen-bond acceptors (Lipinski definition) is 1. The smallest absolute Gasteiger partial charge is 0.146 e. The molecule has 1 aliphatic carbocycles. The second-order valence-corrected chi connectivity index (χ2v) is 7.26. The van der Waals surface area contributed by atoms with Gasteiger partial charge in [-0.2, -0.15) is 0 Å². The van der Waals surface area contributed by atoms with Gasteiger partial charge in [-0.1, -0.05) is 44.4 Å². The molecule has 0 aliphatic heterocycles. The Morgan fingerprint density at radius 2 is 2.10 bits per heavy atom. The second-order valence-electron chi connectivity index (χ2n) is 6.03. The SMILES string of the molecule is CCNCC1CCC(CC)CC1c1ccc(Br)c(Cl)c1F. The van der Waals surface area contributed by atoms with Crippen LogP contribution in [0.2, 0.25) is 5.02 Å². The number of nitrogens with one attached hydrogen (secondary N) is 1. The molecule has 118 valence electrons. The van der Waals surface area contributed by atoms with Crippen LogP contribution in [-0.4, -0.2) is 13.1 Å². The molecule has 1 aromatic carbocycles. The highest BCUT2D eigenvalue weighted by atomic mass is 79.9. The highest BCUT2D eigenvalue weighted by Crippen LogP contribution is 2.44. The summed E-state index contributed by atoms with van der Waals surface area (Å²) in [6.45, 7) is 6.27. The molecule has 21 heavy (non-hydrogen) atoms. The third-order valence-electron chi connectivity index (χ3n) is 4.80. The van der Waals surface area contributed by atoms with Gasteiger partial charge in [-0.15, -0.1) is 0 Å². The van der Waals surface area contributed by atoms with Gasteiger partial charge in [-0.05, 0) is 71.2 Å². The molecule has 1 aliphatic rings. The normalized spacial score (nSPS) is 26.0. The summed E-state index contributed by atoms with van der Waals surface area (Å²) in [5.41, 5.74) is 0.796. The van der Waals surface area contributed by atoms with E-state index in [0.29, 0.717) is 16.3 Å². The lowest BCUT2D eigenvalue weighted by Crippen LogP contribution is -2.32. The van der Waals surface area contributed by atoms with E-state index >= 15 is 0 Å². The molecule has 1 saturated carbocycles. The van der Waals surface area contributed by atoms with Gasteiger partial charge in [0.25, 0.3) is 0 Å². The maximum Gasteiger partial charge on any atom is 0.146 e. The van der Waals surface area contributed by atoms with Gasteiger partial charge in [0.2, 0.25) is 0 Å². The standard InChI is InChI=1S/C17H24BrClFN/c1-3-11-5-6-12(10-21-4-2)14(9-11)13-7-8-15(18)16(19)17(13)20/h7-8,11-12,14,21H,3-6,9-10H2,1-2H3. The molecule has 0 aromatic heterocycles. The third-order valence-corrected chi connectivity index (χ3v) is 6.06. The van der Waals surface area contributed by atoms with Crippen molar-refractivity contribution in [1.82, 2.24) is 5.32 Å². The van der Waals surface area contributed by atoms with Gasteiger partial charge in [-0.3, -0.25) is 0 Å². The third kappa shape index (κ3) is 4.00. The number of halogens is 3. The minimum atomic E-state index is -0.241. The molecular weight excluding hydrogens is 353 g/mol. The predicted molar refractivity (Wildman–Crippen MR) is 91.5 cm³/mol. The van der Waals surface area contributed by atoms with Gasteiger partial charge in [0.05, 0.1) is 5.02 Å². The lowest BCUT2D eigenvalue weighted by Gasteiger charge is -2.36. The van der Waals surface area contributed by atoms with Gasteiger partial charge < -0.3 is 5.32 Å². The van der Waals surface area contributed by atoms with Crippen LogP contribution in [0.1, 0.15) is 51.0 Å². The van der Waals surface area contributed by atoms with Crippen molar-refractivity contribution in [3.8, 4) is 0 Å². The van der Waals surface area contributed by atoms with E-state index in [1.807, 2.05) is 12.1 Å². The Labute approximate surface area is 140 Å². The molecule has 1 N–H and O–H groups in total. The van der Waals surface area contributed by atoms with Crippen molar-refractivity contribution in [2.45, 2.75) is 45.4 Å². The van der Waals surface area contributed by atoms with E-state index in [9.17, 15) is 4.39 Å². The maximum atomic E-state index is 14.6. The average molecular weight is 377 g/mol. The zero-order valence-corrected chi connectivity index (χ0v) is 15.1. The first-order chi connectivity index (χ1) is 10.1. The fourth-order valence-corrected chi connectivity index (χ4v) is 3.95. The number of hydrogen-bond donors (Lipinski definition) is 1. The van der Waals surface area contributed by atoms with Crippen LogP contribution in [-0.2, 0) is 0 Å². The minimum absolute atomic E-state index is 0.216. The topological polar surface area (TPSA) is 12.0 Å². The summed E-state index contributed by atoms with van der Waals surface area (Å²) in [6.07, 6.45) is 4.68. The minimum Gasteiger partial charge on any atom is -0.317 e. The summed E-state index contributed by atoms with van der Waals surface area (Å²) >= 11 is 9.39. The summed E-state index contributed by atoms with van der Waals surface area (Å²) in [7, 11) is 0. The average Bonchev–Trinajstić information content (AvgIpc) is 2.51. The van der Waals surface area contributed by atoms with E-state index in [-0.39, 0.29) is 16.8 Å². The van der Waals surface area contributed by atoms with Crippen molar-refractivity contribution in [1.29, 1.82) is 0 Å². The number of rotatable bonds is 5. The highest BCUT2D eigenvalue weighted by Gasteiger charge is 2.32. The fraction of sp³-hybridized carbons (Fsp3) is 0.647. The van der Waals surface area contributed by atoms with E-state index in [2.05, 4.69) is 35.1 Å². The van der Waals surface area contributed by atoms with Gasteiger partial charge in [0, 0.05) is 4.47 Å². The van der Waals surface area contributed by atoms with Crippen molar-refractivity contribution < 1.29 is 4.39 Å². The molecule has 0 bridgehead atoms. The monoisotopic (exact) mass is 375 g/mol. The van der Waals surface area contributed by atoms with Gasteiger partial charge in [-0.25, -0.2) is 4.39 Å². The van der Waals surface area contributed by atoms with Crippen LogP contribution in [0.4, 0.5) is 4.39 Å². The first-order valence-electron chi connectivity index (χ1n) is 7.92. The van der Waals surface area contributed by atoms with E-state index in [1.165, 1.54) is 19.3 Å². The van der Waals surface area contributed by atoms with E-state index in [1.54, 1.807) is 0 Å². The molecular formula is C17H24BrClFN. The summed E-state index contributed by atoms with van der Waals surface area (Å²) < 4.78 is 15.2. The zero-order chi connectivity index (χ0) is 15.4. The van der Waals surface area contributed by atoms with Crippen LogP contribution in [0.5, 0.6) is 0 Å². The zero-order valence-electron chi connectivity index (χ0n) is 12.8. The molecule has 1 fully saturated rings. The fourth-order valence-electron chi connectivity index (χ4n) is 3.47. The lowest BCUT2D eigenvalue weighted by molar-refractivity contribution is 0.223. The first-order valence-corrected chi connectivity index (χ1v) is 9.09. The Morgan fingerprint density at radius 3 is 2.76 bits per heavy atom. The summed E-state index contributed by atoms with van der Waals surface area (Å²) in [5, 5.41) is 3.65. The largest absolute Gasteiger partial charge is 0.317 e. The van der Waals surface area contributed by atoms with Gasteiger partial charge in [0.15, 0.2) is 0 Å².